The van der Waals surface area contributed by atoms with Crippen LogP contribution >= 0.6 is 0 Å². The molecule has 1 heterocycles. The van der Waals surface area contributed by atoms with Crippen LogP contribution in [0.2, 0.25) is 0 Å². The average molecular weight is 381 g/mol. The number of para-hydroxylation sites is 1. The van der Waals surface area contributed by atoms with Crippen molar-refractivity contribution >= 4 is 22.8 Å². The number of hydrogen-bond donors (Lipinski definition) is 0. The van der Waals surface area contributed by atoms with Crippen molar-refractivity contribution in [3.05, 3.63) is 71.5 Å². The summed E-state index contributed by atoms with van der Waals surface area (Å²) in [4.78, 5) is 26.7. The van der Waals surface area contributed by atoms with Crippen LogP contribution in [0.3, 0.4) is 0 Å². The first-order chi connectivity index (χ1) is 13.6. The molecule has 0 N–H and O–H groups in total. The van der Waals surface area contributed by atoms with Gasteiger partial charge < -0.3 is 18.8 Å². The number of likely N-dealkylation sites (N-methyl/N-ethyl adjacent to an activating group) is 1. The Balaban J connectivity index is 1.68. The third-order valence-electron chi connectivity index (χ3n) is 4.45. The molecule has 28 heavy (non-hydrogen) atoms. The van der Waals surface area contributed by atoms with Crippen molar-refractivity contribution in [2.45, 2.75) is 20.1 Å². The van der Waals surface area contributed by atoms with Gasteiger partial charge in [-0.3, -0.25) is 4.79 Å². The van der Waals surface area contributed by atoms with Crippen molar-refractivity contribution in [3.8, 4) is 0 Å². The number of carbonyl (C=O) groups excluding carboxylic acids is 2. The SMILES string of the molecule is CCN(Cc1ccccc1)C(=O)COC(=O)c1oc2ccccc2c1COC. The van der Waals surface area contributed by atoms with E-state index in [9.17, 15) is 9.59 Å². The van der Waals surface area contributed by atoms with E-state index in [-0.39, 0.29) is 24.9 Å². The highest BCUT2D eigenvalue weighted by atomic mass is 16.5. The van der Waals surface area contributed by atoms with E-state index in [4.69, 9.17) is 13.9 Å². The van der Waals surface area contributed by atoms with Crippen LogP contribution in [-0.4, -0.2) is 37.0 Å². The molecule has 3 aromatic rings. The quantitative estimate of drug-likeness (QED) is 0.556. The Morgan fingerprint density at radius 3 is 2.46 bits per heavy atom. The van der Waals surface area contributed by atoms with Gasteiger partial charge >= 0.3 is 5.97 Å². The summed E-state index contributed by atoms with van der Waals surface area (Å²) in [6.45, 7) is 2.74. The zero-order valence-corrected chi connectivity index (χ0v) is 16.0. The predicted octanol–water partition coefficient (Wildman–Crippen LogP) is 3.78. The lowest BCUT2D eigenvalue weighted by Crippen LogP contribution is -2.34. The van der Waals surface area contributed by atoms with Crippen LogP contribution in [0.15, 0.2) is 59.0 Å². The lowest BCUT2D eigenvalue weighted by molar-refractivity contribution is -0.135. The van der Waals surface area contributed by atoms with Crippen LogP contribution in [0.5, 0.6) is 0 Å². The highest BCUT2D eigenvalue weighted by molar-refractivity contribution is 5.96. The van der Waals surface area contributed by atoms with E-state index in [0.717, 1.165) is 10.9 Å². The van der Waals surface area contributed by atoms with Gasteiger partial charge in [-0.2, -0.15) is 0 Å². The van der Waals surface area contributed by atoms with Crippen molar-refractivity contribution in [1.29, 1.82) is 0 Å². The average Bonchev–Trinajstić information content (AvgIpc) is 3.10. The molecule has 3 rings (SSSR count). The summed E-state index contributed by atoms with van der Waals surface area (Å²) in [6.07, 6.45) is 0. The number of nitrogens with zero attached hydrogens (tertiary/aromatic N) is 1. The molecule has 0 bridgehead atoms. The number of rotatable bonds is 8. The Bertz CT molecular complexity index is 948. The Kier molecular flexibility index (Phi) is 6.45. The van der Waals surface area contributed by atoms with Crippen LogP contribution in [0.4, 0.5) is 0 Å². The van der Waals surface area contributed by atoms with E-state index in [1.807, 2.05) is 55.5 Å². The Morgan fingerprint density at radius 1 is 1.04 bits per heavy atom. The van der Waals surface area contributed by atoms with Gasteiger partial charge in [0.05, 0.1) is 6.61 Å². The van der Waals surface area contributed by atoms with Gasteiger partial charge in [0.2, 0.25) is 5.76 Å². The topological polar surface area (TPSA) is 69.0 Å². The number of furan rings is 1. The number of benzene rings is 2. The maximum Gasteiger partial charge on any atom is 0.375 e. The van der Waals surface area contributed by atoms with E-state index in [1.54, 1.807) is 18.1 Å². The van der Waals surface area contributed by atoms with Gasteiger partial charge in [-0.05, 0) is 18.6 Å². The Labute approximate surface area is 163 Å². The number of fused-ring (bicyclic) bond motifs is 1. The Hall–Kier alpha value is -3.12. The smallest absolute Gasteiger partial charge is 0.375 e. The standard InChI is InChI=1S/C22H23NO5/c1-3-23(13-16-9-5-4-6-10-16)20(24)15-27-22(25)21-18(14-26-2)17-11-7-8-12-19(17)28-21/h4-12H,3,13-15H2,1-2H3. The zero-order chi connectivity index (χ0) is 19.9. The molecule has 1 amide bonds. The summed E-state index contributed by atoms with van der Waals surface area (Å²) < 4.78 is 16.1. The van der Waals surface area contributed by atoms with Gasteiger partial charge in [-0.1, -0.05) is 48.5 Å². The van der Waals surface area contributed by atoms with Crippen molar-refractivity contribution in [3.63, 3.8) is 0 Å². The summed E-state index contributed by atoms with van der Waals surface area (Å²) >= 11 is 0. The number of esters is 1. The third-order valence-corrected chi connectivity index (χ3v) is 4.45. The molecule has 0 spiro atoms. The maximum atomic E-state index is 12.5. The fourth-order valence-corrected chi connectivity index (χ4v) is 3.02. The molecule has 6 heteroatoms. The first-order valence-electron chi connectivity index (χ1n) is 9.12. The van der Waals surface area contributed by atoms with Gasteiger partial charge in [-0.15, -0.1) is 0 Å². The highest BCUT2D eigenvalue weighted by Crippen LogP contribution is 2.27. The first-order valence-corrected chi connectivity index (χ1v) is 9.12. The van der Waals surface area contributed by atoms with Crippen molar-refractivity contribution in [2.24, 2.45) is 0 Å². The molecule has 1 aromatic heterocycles. The van der Waals surface area contributed by atoms with Gasteiger partial charge in [0.25, 0.3) is 5.91 Å². The van der Waals surface area contributed by atoms with Crippen LogP contribution in [0, 0.1) is 0 Å². The van der Waals surface area contributed by atoms with Crippen LogP contribution < -0.4 is 0 Å². The molecule has 0 radical (unpaired) electrons. The van der Waals surface area contributed by atoms with Crippen LogP contribution in [0.1, 0.15) is 28.6 Å². The summed E-state index contributed by atoms with van der Waals surface area (Å²) in [5.41, 5.74) is 2.21. The molecule has 0 saturated carbocycles. The minimum atomic E-state index is -0.674. The molecule has 0 saturated heterocycles. The molecule has 146 valence electrons. The van der Waals surface area contributed by atoms with Crippen molar-refractivity contribution in [2.75, 3.05) is 20.3 Å². The lowest BCUT2D eigenvalue weighted by atomic mass is 10.1. The monoisotopic (exact) mass is 381 g/mol. The van der Waals surface area contributed by atoms with E-state index < -0.39 is 5.97 Å². The van der Waals surface area contributed by atoms with Gasteiger partial charge in [0, 0.05) is 31.1 Å². The van der Waals surface area contributed by atoms with E-state index in [0.29, 0.717) is 24.2 Å². The second-order valence-electron chi connectivity index (χ2n) is 6.31. The minimum absolute atomic E-state index is 0.0713. The first kappa shape index (κ1) is 19.6. The molecule has 6 nitrogen and oxygen atoms in total. The molecular formula is C22H23NO5. The molecule has 0 fully saturated rings. The summed E-state index contributed by atoms with van der Waals surface area (Å²) in [5.74, 6) is -0.863. The molecule has 2 aromatic carbocycles. The second kappa shape index (κ2) is 9.19. The van der Waals surface area contributed by atoms with Crippen LogP contribution in [-0.2, 0) is 27.4 Å². The summed E-state index contributed by atoms with van der Waals surface area (Å²) in [6, 6.07) is 17.0. The fourth-order valence-electron chi connectivity index (χ4n) is 3.02. The predicted molar refractivity (Wildman–Crippen MR) is 105 cm³/mol. The normalized spacial score (nSPS) is 10.8. The fraction of sp³-hybridized carbons (Fsp3) is 0.273. The second-order valence-corrected chi connectivity index (χ2v) is 6.31. The number of hydrogen-bond acceptors (Lipinski definition) is 5. The summed E-state index contributed by atoms with van der Waals surface area (Å²) in [7, 11) is 1.54. The van der Waals surface area contributed by atoms with Crippen molar-refractivity contribution < 1.29 is 23.5 Å². The highest BCUT2D eigenvalue weighted by Gasteiger charge is 2.23. The van der Waals surface area contributed by atoms with E-state index in [1.165, 1.54) is 0 Å². The van der Waals surface area contributed by atoms with Crippen LogP contribution in [0.25, 0.3) is 11.0 Å². The number of amides is 1. The van der Waals surface area contributed by atoms with Gasteiger partial charge in [-0.25, -0.2) is 4.79 Å². The minimum Gasteiger partial charge on any atom is -0.450 e. The molecular weight excluding hydrogens is 358 g/mol. The molecule has 0 atom stereocenters. The number of methoxy groups -OCH3 is 1. The number of ether oxygens (including phenoxy) is 2. The van der Waals surface area contributed by atoms with Gasteiger partial charge in [0.15, 0.2) is 6.61 Å². The van der Waals surface area contributed by atoms with E-state index >= 15 is 0 Å². The number of carbonyl (C=O) groups is 2. The Morgan fingerprint density at radius 2 is 1.75 bits per heavy atom. The summed E-state index contributed by atoms with van der Waals surface area (Å²) in [5, 5.41) is 0.793. The molecule has 0 aliphatic heterocycles. The zero-order valence-electron chi connectivity index (χ0n) is 16.0. The van der Waals surface area contributed by atoms with Crippen molar-refractivity contribution in [1.82, 2.24) is 4.90 Å². The van der Waals surface area contributed by atoms with Gasteiger partial charge in [0.1, 0.15) is 5.58 Å². The molecule has 0 aliphatic rings. The molecule has 0 aliphatic carbocycles. The maximum absolute atomic E-state index is 12.5. The van der Waals surface area contributed by atoms with E-state index in [2.05, 4.69) is 0 Å². The molecule has 0 unspecified atom stereocenters. The lowest BCUT2D eigenvalue weighted by Gasteiger charge is -2.20. The largest absolute Gasteiger partial charge is 0.450 e. The third kappa shape index (κ3) is 4.40.